The van der Waals surface area contributed by atoms with Crippen LogP contribution in [0.1, 0.15) is 31.8 Å². The van der Waals surface area contributed by atoms with Gasteiger partial charge in [0.2, 0.25) is 0 Å². The van der Waals surface area contributed by atoms with Crippen molar-refractivity contribution in [2.24, 2.45) is 0 Å². The molecule has 0 saturated carbocycles. The first-order chi connectivity index (χ1) is 18.5. The Bertz CT molecular complexity index is 1350. The van der Waals surface area contributed by atoms with Crippen molar-refractivity contribution in [3.8, 4) is 0 Å². The maximum absolute atomic E-state index is 12.9. The number of amides is 2. The lowest BCUT2D eigenvalue weighted by molar-refractivity contribution is -0.385. The Morgan fingerprint density at radius 1 is 1.00 bits per heavy atom. The molecule has 3 aromatic rings. The average molecular weight is 565 g/mol. The molecule has 0 radical (unpaired) electrons. The first-order valence-electron chi connectivity index (χ1n) is 11.6. The van der Waals surface area contributed by atoms with Crippen molar-refractivity contribution in [3.63, 3.8) is 0 Å². The Hall–Kier alpha value is -4.00. The topological polar surface area (TPSA) is 123 Å². The molecular weight excluding hydrogens is 541 g/mol. The van der Waals surface area contributed by atoms with Gasteiger partial charge < -0.3 is 20.7 Å². The number of nitro benzene ring substituents is 1. The highest BCUT2D eigenvalue weighted by atomic mass is 35.5. The molecule has 4 rings (SSSR count). The highest BCUT2D eigenvalue weighted by molar-refractivity contribution is 6.31. The zero-order valence-electron chi connectivity index (χ0n) is 20.6. The van der Waals surface area contributed by atoms with Gasteiger partial charge in [0.05, 0.1) is 23.7 Å². The molecule has 206 valence electrons. The molecule has 39 heavy (non-hydrogen) atoms. The number of nitro groups is 1. The number of hydrogen-bond acceptors (Lipinski definition) is 6. The number of aryl methyl sites for hydroxylation is 1. The molecule has 3 aromatic carbocycles. The van der Waals surface area contributed by atoms with Gasteiger partial charge in [-0.1, -0.05) is 23.7 Å². The van der Waals surface area contributed by atoms with Crippen LogP contribution in [-0.4, -0.2) is 43.0 Å². The van der Waals surface area contributed by atoms with Crippen molar-refractivity contribution < 1.29 is 32.4 Å². The van der Waals surface area contributed by atoms with E-state index in [-0.39, 0.29) is 27.5 Å². The summed E-state index contributed by atoms with van der Waals surface area (Å²) in [7, 11) is 0. The molecule has 0 aliphatic carbocycles. The number of hydrogen-bond donors (Lipinski definition) is 3. The summed E-state index contributed by atoms with van der Waals surface area (Å²) < 4.78 is 43.7. The van der Waals surface area contributed by atoms with E-state index in [2.05, 4.69) is 16.0 Å². The Morgan fingerprint density at radius 3 is 2.31 bits per heavy atom. The Kier molecular flexibility index (Phi) is 9.99. The second-order valence-electron chi connectivity index (χ2n) is 8.30. The van der Waals surface area contributed by atoms with Gasteiger partial charge in [-0.25, -0.2) is 0 Å². The largest absolute Gasteiger partial charge is 0.416 e. The molecule has 0 bridgehead atoms. The Labute approximate surface area is 226 Å². The van der Waals surface area contributed by atoms with E-state index in [9.17, 15) is 32.9 Å². The Morgan fingerprint density at radius 2 is 1.72 bits per heavy atom. The van der Waals surface area contributed by atoms with Gasteiger partial charge in [0.15, 0.2) is 0 Å². The predicted molar refractivity (Wildman–Crippen MR) is 140 cm³/mol. The van der Waals surface area contributed by atoms with E-state index in [0.29, 0.717) is 5.56 Å². The monoisotopic (exact) mass is 564 g/mol. The quantitative estimate of drug-likeness (QED) is 0.270. The first-order valence-corrected chi connectivity index (χ1v) is 12.0. The minimum atomic E-state index is -4.60. The molecular formula is C26H24ClF3N4O5. The summed E-state index contributed by atoms with van der Waals surface area (Å²) >= 11 is 5.86. The number of nitrogens with one attached hydrogen (secondary N) is 3. The summed E-state index contributed by atoms with van der Waals surface area (Å²) in [6.07, 6.45) is -4.60. The van der Waals surface area contributed by atoms with Gasteiger partial charge in [-0.2, -0.15) is 13.2 Å². The fourth-order valence-electron chi connectivity index (χ4n) is 3.43. The van der Waals surface area contributed by atoms with Crippen LogP contribution in [0.4, 0.5) is 30.2 Å². The van der Waals surface area contributed by atoms with Gasteiger partial charge in [0, 0.05) is 41.1 Å². The van der Waals surface area contributed by atoms with Crippen LogP contribution in [0.3, 0.4) is 0 Å². The number of ether oxygens (including phenoxy) is 1. The van der Waals surface area contributed by atoms with Crippen molar-refractivity contribution >= 4 is 40.5 Å². The van der Waals surface area contributed by atoms with Crippen LogP contribution in [0.5, 0.6) is 0 Å². The minimum Gasteiger partial charge on any atom is -0.379 e. The smallest absolute Gasteiger partial charge is 0.379 e. The van der Waals surface area contributed by atoms with Crippen LogP contribution < -0.4 is 16.0 Å². The lowest BCUT2D eigenvalue weighted by Gasteiger charge is -2.13. The number of nitrogens with zero attached hydrogens (tertiary/aromatic N) is 1. The van der Waals surface area contributed by atoms with E-state index in [1.807, 2.05) is 0 Å². The van der Waals surface area contributed by atoms with Crippen LogP contribution in [0.15, 0.2) is 60.7 Å². The number of alkyl halides is 3. The minimum absolute atomic E-state index is 0.129. The summed E-state index contributed by atoms with van der Waals surface area (Å²) in [5, 5.41) is 19.5. The molecule has 2 amide bonds. The van der Waals surface area contributed by atoms with Crippen LogP contribution in [-0.2, 0) is 10.9 Å². The molecule has 3 N–H and O–H groups in total. The molecule has 1 fully saturated rings. The average Bonchev–Trinajstić information content (AvgIpc) is 2.91. The van der Waals surface area contributed by atoms with Crippen molar-refractivity contribution in [3.05, 3.63) is 98.1 Å². The summed E-state index contributed by atoms with van der Waals surface area (Å²) in [5.41, 5.74) is -0.866. The molecule has 1 heterocycles. The van der Waals surface area contributed by atoms with Crippen LogP contribution >= 0.6 is 11.6 Å². The molecule has 0 unspecified atom stereocenters. The number of benzene rings is 3. The van der Waals surface area contributed by atoms with E-state index in [0.717, 1.165) is 56.6 Å². The van der Waals surface area contributed by atoms with E-state index in [1.165, 1.54) is 24.3 Å². The third-order valence-electron chi connectivity index (χ3n) is 5.44. The number of rotatable bonds is 5. The molecule has 1 aliphatic heterocycles. The highest BCUT2D eigenvalue weighted by Crippen LogP contribution is 2.30. The normalized spacial score (nSPS) is 13.1. The number of halogens is 4. The van der Waals surface area contributed by atoms with Crippen LogP contribution in [0.2, 0.25) is 5.02 Å². The SMILES string of the molecule is C1COCCN1.Cc1ccc(NC(=O)c2cccc(C(F)(F)F)c2)cc1NC(=O)c1cc(Cl)ccc1[N+](=O)[O-]. The lowest BCUT2D eigenvalue weighted by Crippen LogP contribution is -2.30. The van der Waals surface area contributed by atoms with Crippen molar-refractivity contribution in [2.75, 3.05) is 36.9 Å². The third-order valence-corrected chi connectivity index (χ3v) is 5.68. The van der Waals surface area contributed by atoms with Gasteiger partial charge in [-0.3, -0.25) is 19.7 Å². The molecule has 0 atom stereocenters. The molecule has 0 aromatic heterocycles. The highest BCUT2D eigenvalue weighted by Gasteiger charge is 2.31. The van der Waals surface area contributed by atoms with Gasteiger partial charge in [0.25, 0.3) is 17.5 Å². The molecule has 0 spiro atoms. The maximum Gasteiger partial charge on any atom is 0.416 e. The number of carbonyl (C=O) groups excluding carboxylic acids is 2. The van der Waals surface area contributed by atoms with Crippen molar-refractivity contribution in [1.82, 2.24) is 5.32 Å². The van der Waals surface area contributed by atoms with Gasteiger partial charge in [-0.05, 0) is 55.0 Å². The fourth-order valence-corrected chi connectivity index (χ4v) is 3.60. The molecule has 13 heteroatoms. The Balaban J connectivity index is 0.000000617. The summed E-state index contributed by atoms with van der Waals surface area (Å²) in [4.78, 5) is 35.6. The van der Waals surface area contributed by atoms with E-state index in [4.69, 9.17) is 16.3 Å². The summed E-state index contributed by atoms with van der Waals surface area (Å²) in [6, 6.07) is 11.9. The zero-order chi connectivity index (χ0) is 28.6. The van der Waals surface area contributed by atoms with Crippen molar-refractivity contribution in [1.29, 1.82) is 0 Å². The standard InChI is InChI=1S/C22H15ClF3N3O4.C4H9NO/c1-12-5-7-16(27-20(30)13-3-2-4-14(9-13)22(24,25)26)11-18(12)28-21(31)17-10-15(23)6-8-19(17)29(32)33;1-3-6-4-2-5-1/h2-11H,1H3,(H,27,30)(H,28,31);5H,1-4H2. The number of carbonyl (C=O) groups is 2. The zero-order valence-corrected chi connectivity index (χ0v) is 21.4. The van der Waals surface area contributed by atoms with Crippen LogP contribution in [0, 0.1) is 17.0 Å². The fraction of sp³-hybridized carbons (Fsp3) is 0.231. The molecule has 1 aliphatic rings. The van der Waals surface area contributed by atoms with E-state index in [1.54, 1.807) is 13.0 Å². The van der Waals surface area contributed by atoms with Gasteiger partial charge >= 0.3 is 6.18 Å². The first kappa shape index (κ1) is 29.6. The summed E-state index contributed by atoms with van der Waals surface area (Å²) in [6.45, 7) is 5.49. The van der Waals surface area contributed by atoms with E-state index >= 15 is 0 Å². The van der Waals surface area contributed by atoms with Crippen molar-refractivity contribution in [2.45, 2.75) is 13.1 Å². The molecule has 1 saturated heterocycles. The third kappa shape index (κ3) is 8.50. The summed E-state index contributed by atoms with van der Waals surface area (Å²) in [5.74, 6) is -1.58. The maximum atomic E-state index is 12.9. The van der Waals surface area contributed by atoms with Gasteiger partial charge in [-0.15, -0.1) is 0 Å². The van der Waals surface area contributed by atoms with Gasteiger partial charge in [0.1, 0.15) is 5.56 Å². The predicted octanol–water partition coefficient (Wildman–Crippen LogP) is 5.69. The number of anilines is 2. The number of morpholine rings is 1. The van der Waals surface area contributed by atoms with E-state index < -0.39 is 34.2 Å². The second kappa shape index (κ2) is 13.2. The molecule has 9 nitrogen and oxygen atoms in total. The second-order valence-corrected chi connectivity index (χ2v) is 8.73. The van der Waals surface area contributed by atoms with Crippen LogP contribution in [0.25, 0.3) is 0 Å². The lowest BCUT2D eigenvalue weighted by atomic mass is 10.1.